The first kappa shape index (κ1) is 15.7. The van der Waals surface area contributed by atoms with Crippen LogP contribution in [0.2, 0.25) is 5.82 Å². The van der Waals surface area contributed by atoms with Crippen LogP contribution in [-0.2, 0) is 18.9 Å². The largest absolute Gasteiger partial charge is 0.466 e. The smallest absolute Gasteiger partial charge is 0.403 e. The Morgan fingerprint density at radius 1 is 1.05 bits per heavy atom. The minimum absolute atomic E-state index is 0.200. The first-order valence-electron chi connectivity index (χ1n) is 7.68. The van der Waals surface area contributed by atoms with Crippen molar-refractivity contribution in [1.29, 1.82) is 0 Å². The first-order valence-corrected chi connectivity index (χ1v) is 7.68. The van der Waals surface area contributed by atoms with Crippen molar-refractivity contribution >= 4 is 18.9 Å². The van der Waals surface area contributed by atoms with Gasteiger partial charge >= 0.3 is 7.12 Å². The number of amides is 2. The minimum atomic E-state index is -0.551. The van der Waals surface area contributed by atoms with Crippen LogP contribution in [0.5, 0.6) is 0 Å². The number of rotatable bonds is 1. The molecule has 0 aromatic carbocycles. The molecule has 3 rings (SSSR count). The highest BCUT2D eigenvalue weighted by Gasteiger charge is 2.61. The summed E-state index contributed by atoms with van der Waals surface area (Å²) in [6, 6.07) is -0.440. The van der Waals surface area contributed by atoms with Crippen LogP contribution in [0.25, 0.3) is 0 Å². The standard InChI is InChI=1S/C15H23BN2O4/c1-14(2)15(3,4)22-16(21-14)8-6-7-9(17)11-10(8)12(19)18(5)13(11)20/h6-11H,17H2,1-5H3. The first-order chi connectivity index (χ1) is 10.1. The molecule has 4 unspecified atom stereocenters. The molecule has 0 aromatic rings. The van der Waals surface area contributed by atoms with E-state index in [2.05, 4.69) is 0 Å². The average molecular weight is 306 g/mol. The second-order valence-corrected chi connectivity index (χ2v) is 7.45. The molecule has 2 saturated heterocycles. The van der Waals surface area contributed by atoms with Crippen molar-refractivity contribution in [2.45, 2.75) is 50.8 Å². The molecular formula is C15H23BN2O4. The van der Waals surface area contributed by atoms with Crippen molar-refractivity contribution in [2.24, 2.45) is 17.6 Å². The van der Waals surface area contributed by atoms with Crippen LogP contribution in [0.4, 0.5) is 0 Å². The van der Waals surface area contributed by atoms with E-state index in [4.69, 9.17) is 15.0 Å². The van der Waals surface area contributed by atoms with Gasteiger partial charge in [-0.25, -0.2) is 0 Å². The van der Waals surface area contributed by atoms with Gasteiger partial charge in [0, 0.05) is 18.9 Å². The summed E-state index contributed by atoms with van der Waals surface area (Å²) in [4.78, 5) is 26.0. The van der Waals surface area contributed by atoms with Crippen LogP contribution >= 0.6 is 0 Å². The number of nitrogens with two attached hydrogens (primary N) is 1. The maximum atomic E-state index is 12.5. The summed E-state index contributed by atoms with van der Waals surface area (Å²) in [7, 11) is 0.960. The molecule has 6 nitrogen and oxygen atoms in total. The van der Waals surface area contributed by atoms with Crippen LogP contribution in [0, 0.1) is 11.8 Å². The molecule has 0 radical (unpaired) electrons. The Morgan fingerprint density at radius 2 is 1.55 bits per heavy atom. The molecule has 120 valence electrons. The maximum Gasteiger partial charge on any atom is 0.466 e. The Labute approximate surface area is 131 Å². The zero-order valence-electron chi connectivity index (χ0n) is 13.7. The fourth-order valence-electron chi connectivity index (χ4n) is 3.47. The topological polar surface area (TPSA) is 81.9 Å². The second kappa shape index (κ2) is 4.66. The highest BCUT2D eigenvalue weighted by Crippen LogP contribution is 2.48. The molecule has 2 heterocycles. The number of nitrogens with zero attached hydrogens (tertiary/aromatic N) is 1. The Kier molecular flexibility index (Phi) is 3.33. The third-order valence-corrected chi connectivity index (χ3v) is 5.59. The van der Waals surface area contributed by atoms with E-state index in [0.29, 0.717) is 0 Å². The number of likely N-dealkylation sites (tertiary alicyclic amines) is 1. The van der Waals surface area contributed by atoms with Gasteiger partial charge in [-0.2, -0.15) is 0 Å². The molecular weight excluding hydrogens is 283 g/mol. The summed E-state index contributed by atoms with van der Waals surface area (Å²) in [5, 5.41) is 0. The number of fused-ring (bicyclic) bond motifs is 1. The zero-order valence-corrected chi connectivity index (χ0v) is 13.7. The molecule has 2 aliphatic heterocycles. The van der Waals surface area contributed by atoms with E-state index >= 15 is 0 Å². The number of hydrogen-bond donors (Lipinski definition) is 1. The molecule has 4 atom stereocenters. The average Bonchev–Trinajstić information content (AvgIpc) is 2.76. The number of hydrogen-bond acceptors (Lipinski definition) is 5. The summed E-state index contributed by atoms with van der Waals surface area (Å²) in [5.41, 5.74) is 5.09. The lowest BCUT2D eigenvalue weighted by Crippen LogP contribution is -2.44. The summed E-state index contributed by atoms with van der Waals surface area (Å²) in [5.74, 6) is -1.74. The van der Waals surface area contributed by atoms with Crippen molar-refractivity contribution < 1.29 is 18.9 Å². The van der Waals surface area contributed by atoms with E-state index in [0.717, 1.165) is 0 Å². The van der Waals surface area contributed by atoms with Crippen LogP contribution < -0.4 is 5.73 Å². The van der Waals surface area contributed by atoms with E-state index in [1.807, 2.05) is 33.8 Å². The van der Waals surface area contributed by atoms with Crippen LogP contribution in [0.15, 0.2) is 12.2 Å². The lowest BCUT2D eigenvalue weighted by Gasteiger charge is -2.32. The maximum absolute atomic E-state index is 12.5. The van der Waals surface area contributed by atoms with Crippen LogP contribution in [0.3, 0.4) is 0 Å². The van der Waals surface area contributed by atoms with Gasteiger partial charge in [0.15, 0.2) is 0 Å². The molecule has 0 bridgehead atoms. The number of allylic oxidation sites excluding steroid dienone is 1. The molecule has 0 spiro atoms. The molecule has 0 saturated carbocycles. The van der Waals surface area contributed by atoms with Gasteiger partial charge in [0.25, 0.3) is 0 Å². The van der Waals surface area contributed by atoms with Gasteiger partial charge in [0.05, 0.1) is 23.0 Å². The lowest BCUT2D eigenvalue weighted by molar-refractivity contribution is -0.138. The van der Waals surface area contributed by atoms with Gasteiger partial charge in [-0.3, -0.25) is 14.5 Å². The monoisotopic (exact) mass is 306 g/mol. The van der Waals surface area contributed by atoms with Crippen molar-refractivity contribution in [1.82, 2.24) is 4.90 Å². The predicted molar refractivity (Wildman–Crippen MR) is 81.7 cm³/mol. The van der Waals surface area contributed by atoms with Gasteiger partial charge < -0.3 is 15.0 Å². The van der Waals surface area contributed by atoms with E-state index in [9.17, 15) is 9.59 Å². The van der Waals surface area contributed by atoms with Gasteiger partial charge in [-0.15, -0.1) is 0 Å². The fraction of sp³-hybridized carbons (Fsp3) is 0.733. The summed E-state index contributed by atoms with van der Waals surface area (Å²) in [6.07, 6.45) is 3.67. The zero-order chi connectivity index (χ0) is 16.4. The number of carbonyl (C=O) groups excluding carboxylic acids is 2. The Balaban J connectivity index is 1.94. The van der Waals surface area contributed by atoms with Crippen molar-refractivity contribution in [3.8, 4) is 0 Å². The van der Waals surface area contributed by atoms with E-state index in [1.165, 1.54) is 11.9 Å². The normalized spacial score (nSPS) is 39.5. The third kappa shape index (κ3) is 1.99. The molecule has 7 heteroatoms. The van der Waals surface area contributed by atoms with Crippen LogP contribution in [0.1, 0.15) is 27.7 Å². The van der Waals surface area contributed by atoms with Crippen molar-refractivity contribution in [2.75, 3.05) is 7.05 Å². The van der Waals surface area contributed by atoms with Gasteiger partial charge in [-0.05, 0) is 27.7 Å². The minimum Gasteiger partial charge on any atom is -0.403 e. The third-order valence-electron chi connectivity index (χ3n) is 5.59. The SMILES string of the molecule is CN1C(=O)C2C(N)C=CC(B3OC(C)(C)C(C)(C)O3)C2C1=O. The number of carbonyl (C=O) groups is 2. The van der Waals surface area contributed by atoms with E-state index in [1.54, 1.807) is 6.08 Å². The van der Waals surface area contributed by atoms with Crippen molar-refractivity contribution in [3.05, 3.63) is 12.2 Å². The quantitative estimate of drug-likeness (QED) is 0.435. The molecule has 0 aromatic heterocycles. The van der Waals surface area contributed by atoms with E-state index in [-0.39, 0.29) is 17.6 Å². The molecule has 2 N–H and O–H groups in total. The Morgan fingerprint density at radius 3 is 2.09 bits per heavy atom. The van der Waals surface area contributed by atoms with Gasteiger partial charge in [-0.1, -0.05) is 12.2 Å². The Hall–Kier alpha value is -1.18. The second-order valence-electron chi connectivity index (χ2n) is 7.45. The summed E-state index contributed by atoms with van der Waals surface area (Å²) < 4.78 is 12.1. The lowest BCUT2D eigenvalue weighted by atomic mass is 9.58. The molecule has 22 heavy (non-hydrogen) atoms. The highest BCUT2D eigenvalue weighted by atomic mass is 16.7. The summed E-state index contributed by atoms with van der Waals surface area (Å²) >= 11 is 0. The van der Waals surface area contributed by atoms with Crippen LogP contribution in [-0.4, -0.2) is 48.1 Å². The highest BCUT2D eigenvalue weighted by molar-refractivity contribution is 6.49. The summed E-state index contributed by atoms with van der Waals surface area (Å²) in [6.45, 7) is 7.88. The molecule has 2 fully saturated rings. The number of imide groups is 1. The molecule has 2 amide bonds. The predicted octanol–water partition coefficient (Wildman–Crippen LogP) is 0.577. The van der Waals surface area contributed by atoms with E-state index < -0.39 is 36.2 Å². The van der Waals surface area contributed by atoms with Gasteiger partial charge in [0.1, 0.15) is 0 Å². The molecule has 3 aliphatic rings. The van der Waals surface area contributed by atoms with Gasteiger partial charge in [0.2, 0.25) is 11.8 Å². The Bertz CT molecular complexity index is 544. The van der Waals surface area contributed by atoms with Crippen molar-refractivity contribution in [3.63, 3.8) is 0 Å². The fourth-order valence-corrected chi connectivity index (χ4v) is 3.47. The molecule has 1 aliphatic carbocycles.